The zero-order chi connectivity index (χ0) is 92.5. The van der Waals surface area contributed by atoms with E-state index in [4.69, 9.17) is 29.9 Å². The molecule has 0 unspecified atom stereocenters. The van der Waals surface area contributed by atoms with Gasteiger partial charge in [0.05, 0.1) is 67.3 Å². The lowest BCUT2D eigenvalue weighted by molar-refractivity contribution is 0.657. The molecule has 18 aromatic carbocycles. The van der Waals surface area contributed by atoms with Crippen LogP contribution < -0.4 is 0 Å². The van der Waals surface area contributed by atoms with Crippen LogP contribution in [0.3, 0.4) is 0 Å². The Hall–Kier alpha value is -17.4. The summed E-state index contributed by atoms with van der Waals surface area (Å²) in [5.41, 5.74) is 40.6. The predicted octanol–water partition coefficient (Wildman–Crippen LogP) is 32.6. The van der Waals surface area contributed by atoms with Crippen LogP contribution in [0.25, 0.3) is 218 Å². The molecule has 0 bridgehead atoms. The number of para-hydroxylation sites is 6. The van der Waals surface area contributed by atoms with Crippen molar-refractivity contribution < 1.29 is 0 Å². The standard InChI is InChI=1S/3C43H31N3/c1-43(2)36-26-23-31(28-21-24-32(25-22-28)46-37-19-11-9-17-33(37)34-18-10-12-20-38(34)46)27-35(36)41-39(43)40(29-13-5-3-6-14-29)44-42(45-41)30-15-7-4-8-16-30;1-43(2)36-27-31(28-21-24-32(25-22-28)46-37-19-11-9-17-33(37)34-18-10-12-20-38(34)46)23-26-35(36)41-39(43)40(29-13-5-3-6-14-29)44-42(45-41)30-15-7-4-8-16-30;1-43(2)36-17-9-6-16-35(36)41-39(43)40(44-42(45-41)31-12-4-3-5-13-31)30-22-20-28(21-23-30)29-24-26-32(27-25-29)46-37-18-10-7-14-33(37)34-15-8-11-19-38(34)46/h3*3-27H,1-2H3. The average molecular weight is 1770 g/mol. The van der Waals surface area contributed by atoms with Crippen LogP contribution in [0.1, 0.15) is 74.9 Å². The molecule has 6 heterocycles. The highest BCUT2D eigenvalue weighted by molar-refractivity contribution is 6.12. The fourth-order valence-corrected chi connectivity index (χ4v) is 22.1. The zero-order valence-electron chi connectivity index (χ0n) is 77.3. The largest absolute Gasteiger partial charge is 0.309 e. The lowest BCUT2D eigenvalue weighted by Gasteiger charge is -2.24. The maximum Gasteiger partial charge on any atom is 0.160 e. The zero-order valence-corrected chi connectivity index (χ0v) is 77.3. The molecule has 138 heavy (non-hydrogen) atoms. The molecule has 24 aromatic rings. The second-order valence-corrected chi connectivity index (χ2v) is 38.0. The maximum atomic E-state index is 5.27. The Morgan fingerprint density at radius 1 is 0.159 bits per heavy atom. The molecule has 0 spiro atoms. The molecule has 27 rings (SSSR count). The highest BCUT2D eigenvalue weighted by atomic mass is 15.0. The van der Waals surface area contributed by atoms with E-state index in [-0.39, 0.29) is 16.2 Å². The summed E-state index contributed by atoms with van der Waals surface area (Å²) in [5, 5.41) is 7.64. The van der Waals surface area contributed by atoms with Gasteiger partial charge in [-0.3, -0.25) is 0 Å². The molecule has 0 fully saturated rings. The third-order valence-corrected chi connectivity index (χ3v) is 28.8. The number of nitrogens with zero attached hydrogens (tertiary/aromatic N) is 9. The van der Waals surface area contributed by atoms with Gasteiger partial charge in [-0.25, -0.2) is 29.9 Å². The summed E-state index contributed by atoms with van der Waals surface area (Å²) in [6, 6.07) is 162. The summed E-state index contributed by atoms with van der Waals surface area (Å²) in [7, 11) is 0. The van der Waals surface area contributed by atoms with Crippen molar-refractivity contribution in [2.75, 3.05) is 0 Å². The molecule has 0 atom stereocenters. The molecule has 0 saturated carbocycles. The molecule has 654 valence electrons. The Kier molecular flexibility index (Phi) is 19.8. The molecule has 0 aliphatic heterocycles. The first-order valence-electron chi connectivity index (χ1n) is 47.6. The van der Waals surface area contributed by atoms with Gasteiger partial charge in [0.2, 0.25) is 0 Å². The lowest BCUT2D eigenvalue weighted by Crippen LogP contribution is -2.17. The Labute approximate surface area is 801 Å². The molecular weight excluding hydrogens is 1680 g/mol. The van der Waals surface area contributed by atoms with Crippen molar-refractivity contribution >= 4 is 65.4 Å². The topological polar surface area (TPSA) is 92.1 Å². The van der Waals surface area contributed by atoms with Gasteiger partial charge in [0.1, 0.15) is 0 Å². The molecule has 0 N–H and O–H groups in total. The van der Waals surface area contributed by atoms with E-state index in [0.29, 0.717) is 0 Å². The quantitative estimate of drug-likeness (QED) is 0.121. The van der Waals surface area contributed by atoms with Crippen molar-refractivity contribution in [2.24, 2.45) is 0 Å². The summed E-state index contributed by atoms with van der Waals surface area (Å²) in [4.78, 5) is 31.3. The Morgan fingerprint density at radius 2 is 0.384 bits per heavy atom. The number of fused-ring (bicyclic) bond motifs is 18. The highest BCUT2D eigenvalue weighted by Crippen LogP contribution is 2.56. The summed E-state index contributed by atoms with van der Waals surface area (Å²) in [5.74, 6) is 2.26. The van der Waals surface area contributed by atoms with Gasteiger partial charge in [-0.15, -0.1) is 0 Å². The van der Waals surface area contributed by atoms with E-state index in [9.17, 15) is 0 Å². The first-order chi connectivity index (χ1) is 67.7. The molecule has 9 nitrogen and oxygen atoms in total. The summed E-state index contributed by atoms with van der Waals surface area (Å²) in [6.45, 7) is 13.8. The normalized spacial score (nSPS) is 13.2. The Balaban J connectivity index is 0.000000110. The van der Waals surface area contributed by atoms with Crippen LogP contribution in [0.2, 0.25) is 0 Å². The fourth-order valence-electron chi connectivity index (χ4n) is 22.1. The monoisotopic (exact) mass is 1770 g/mol. The Morgan fingerprint density at radius 3 is 0.732 bits per heavy atom. The van der Waals surface area contributed by atoms with Crippen molar-refractivity contribution in [3.05, 3.63) is 488 Å². The molecule has 3 aliphatic carbocycles. The minimum absolute atomic E-state index is 0.211. The van der Waals surface area contributed by atoms with Crippen molar-refractivity contribution in [1.29, 1.82) is 0 Å². The van der Waals surface area contributed by atoms with Gasteiger partial charge in [-0.05, 0) is 135 Å². The second kappa shape index (κ2) is 33.1. The smallest absolute Gasteiger partial charge is 0.160 e. The van der Waals surface area contributed by atoms with Crippen molar-refractivity contribution in [2.45, 2.75) is 57.8 Å². The Bertz CT molecular complexity index is 8710. The first kappa shape index (κ1) is 82.5. The van der Waals surface area contributed by atoms with E-state index in [1.807, 2.05) is 54.6 Å². The van der Waals surface area contributed by atoms with Crippen LogP contribution >= 0.6 is 0 Å². The molecule has 3 aliphatic rings. The van der Waals surface area contributed by atoms with E-state index < -0.39 is 0 Å². The summed E-state index contributed by atoms with van der Waals surface area (Å²) >= 11 is 0. The van der Waals surface area contributed by atoms with Gasteiger partial charge in [-0.1, -0.05) is 412 Å². The maximum absolute atomic E-state index is 5.27. The number of hydrogen-bond acceptors (Lipinski definition) is 6. The average Bonchev–Trinajstić information content (AvgIpc) is 1.56. The SMILES string of the molecule is CC1(C)c2cc(-c3ccc(-n4c5ccccc5c5ccccc54)cc3)ccc2-c2nc(-c3ccccc3)nc(-c3ccccc3)c21.CC1(C)c2ccc(-c3ccc(-n4c5ccccc5c5ccccc54)cc3)cc2-c2nc(-c3ccccc3)nc(-c3ccccc3)c21.CC1(C)c2ccccc2-c2nc(-c3ccccc3)nc(-c3ccc(-c4ccc(-n5c6ccccc6c6ccccc65)cc4)cc3)c21. The van der Waals surface area contributed by atoms with Gasteiger partial charge in [-0.2, -0.15) is 0 Å². The summed E-state index contributed by atoms with van der Waals surface area (Å²) in [6.07, 6.45) is 0. The van der Waals surface area contributed by atoms with Crippen LogP contribution in [0.15, 0.2) is 455 Å². The van der Waals surface area contributed by atoms with Gasteiger partial charge in [0.25, 0.3) is 0 Å². The van der Waals surface area contributed by atoms with E-state index in [1.165, 1.54) is 149 Å². The van der Waals surface area contributed by atoms with Gasteiger partial charge in [0.15, 0.2) is 17.5 Å². The van der Waals surface area contributed by atoms with Gasteiger partial charge < -0.3 is 13.7 Å². The minimum Gasteiger partial charge on any atom is -0.309 e. The van der Waals surface area contributed by atoms with E-state index in [0.717, 1.165) is 102 Å². The van der Waals surface area contributed by atoms with Crippen LogP contribution in [0.4, 0.5) is 0 Å². The second-order valence-electron chi connectivity index (χ2n) is 38.0. The lowest BCUT2D eigenvalue weighted by atomic mass is 9.80. The number of rotatable bonds is 12. The number of hydrogen-bond donors (Lipinski definition) is 0. The molecule has 0 saturated heterocycles. The number of benzene rings is 18. The first-order valence-corrected chi connectivity index (χ1v) is 47.6. The van der Waals surface area contributed by atoms with E-state index >= 15 is 0 Å². The highest BCUT2D eigenvalue weighted by Gasteiger charge is 2.44. The molecular formula is C129H93N9. The molecule has 0 amide bonds. The van der Waals surface area contributed by atoms with Crippen LogP contribution in [0.5, 0.6) is 0 Å². The van der Waals surface area contributed by atoms with Crippen LogP contribution in [-0.2, 0) is 16.2 Å². The third kappa shape index (κ3) is 13.7. The predicted molar refractivity (Wildman–Crippen MR) is 571 cm³/mol. The van der Waals surface area contributed by atoms with E-state index in [1.54, 1.807) is 0 Å². The molecule has 0 radical (unpaired) electrons. The van der Waals surface area contributed by atoms with Crippen LogP contribution in [-0.4, -0.2) is 43.6 Å². The fraction of sp³-hybridized carbons (Fsp3) is 0.0698. The van der Waals surface area contributed by atoms with E-state index in [2.05, 4.69) is 456 Å². The minimum atomic E-state index is -0.274. The van der Waals surface area contributed by atoms with Crippen molar-refractivity contribution in [3.8, 4) is 152 Å². The third-order valence-electron chi connectivity index (χ3n) is 28.8. The van der Waals surface area contributed by atoms with Crippen molar-refractivity contribution in [3.63, 3.8) is 0 Å². The number of aromatic nitrogens is 9. The van der Waals surface area contributed by atoms with Crippen molar-refractivity contribution in [1.82, 2.24) is 43.6 Å². The summed E-state index contributed by atoms with van der Waals surface area (Å²) < 4.78 is 7.09. The van der Waals surface area contributed by atoms with Gasteiger partial charge >= 0.3 is 0 Å². The molecule has 6 aromatic heterocycles. The molecule has 9 heteroatoms. The van der Waals surface area contributed by atoms with Crippen LogP contribution in [0, 0.1) is 0 Å². The van der Waals surface area contributed by atoms with Gasteiger partial charge in [0, 0.05) is 132 Å².